The highest BCUT2D eigenvalue weighted by molar-refractivity contribution is 9.10. The summed E-state index contributed by atoms with van der Waals surface area (Å²) in [4.78, 5) is 0. The molecule has 0 fully saturated rings. The average Bonchev–Trinajstić information content (AvgIpc) is 2.82. The number of benzene rings is 1. The van der Waals surface area contributed by atoms with Crippen LogP contribution in [0.1, 0.15) is 30.6 Å². The number of nitrogens with two attached hydrogens (primary N) is 1. The lowest BCUT2D eigenvalue weighted by atomic mass is 10.1. The Morgan fingerprint density at radius 3 is 2.72 bits per heavy atom. The molecule has 1 aromatic carbocycles. The molecule has 3 N–H and O–H groups in total. The molecule has 1 unspecified atom stereocenters. The Kier molecular flexibility index (Phi) is 4.46. The third kappa shape index (κ3) is 2.77. The van der Waals surface area contributed by atoms with Gasteiger partial charge in [-0.05, 0) is 24.1 Å². The average molecular weight is 310 g/mol. The third-order valence-corrected chi connectivity index (χ3v) is 3.28. The van der Waals surface area contributed by atoms with Gasteiger partial charge in [-0.25, -0.2) is 10.1 Å². The molecule has 0 aliphatic heterocycles. The first-order valence-corrected chi connectivity index (χ1v) is 6.65. The van der Waals surface area contributed by atoms with Crippen LogP contribution in [0, 0.1) is 0 Å². The van der Waals surface area contributed by atoms with Crippen LogP contribution in [0.3, 0.4) is 0 Å². The topological polar surface area (TPSA) is 68.8 Å². The molecule has 6 heteroatoms. The van der Waals surface area contributed by atoms with E-state index in [1.807, 2.05) is 28.9 Å². The van der Waals surface area contributed by atoms with Crippen LogP contribution in [-0.4, -0.2) is 15.0 Å². The van der Waals surface area contributed by atoms with Crippen molar-refractivity contribution in [1.82, 2.24) is 20.4 Å². The molecule has 0 radical (unpaired) electrons. The maximum absolute atomic E-state index is 5.67. The number of nitrogens with one attached hydrogen (secondary N) is 1. The summed E-state index contributed by atoms with van der Waals surface area (Å²) in [5, 5.41) is 8.04. The lowest BCUT2D eigenvalue weighted by Gasteiger charge is -2.17. The van der Waals surface area contributed by atoms with Crippen LogP contribution in [0.4, 0.5) is 0 Å². The Hall–Kier alpha value is -1.24. The minimum absolute atomic E-state index is 0.0975. The Morgan fingerprint density at radius 2 is 2.11 bits per heavy atom. The van der Waals surface area contributed by atoms with E-state index in [9.17, 15) is 0 Å². The molecule has 0 aliphatic rings. The summed E-state index contributed by atoms with van der Waals surface area (Å²) in [6, 6.07) is 7.94. The maximum Gasteiger partial charge on any atom is 0.0894 e. The molecule has 96 valence electrons. The van der Waals surface area contributed by atoms with Crippen LogP contribution in [0.25, 0.3) is 0 Å². The van der Waals surface area contributed by atoms with E-state index in [4.69, 9.17) is 5.84 Å². The van der Waals surface area contributed by atoms with Gasteiger partial charge in [0.05, 0.1) is 17.9 Å². The molecule has 2 aromatic rings. The van der Waals surface area contributed by atoms with Gasteiger partial charge in [-0.3, -0.25) is 5.84 Å². The zero-order valence-corrected chi connectivity index (χ0v) is 11.8. The number of hydrazine groups is 1. The van der Waals surface area contributed by atoms with E-state index < -0.39 is 0 Å². The summed E-state index contributed by atoms with van der Waals surface area (Å²) >= 11 is 3.42. The van der Waals surface area contributed by atoms with Gasteiger partial charge < -0.3 is 0 Å². The van der Waals surface area contributed by atoms with Gasteiger partial charge in [0, 0.05) is 11.0 Å². The summed E-state index contributed by atoms with van der Waals surface area (Å²) in [6.45, 7) is 2.94. The van der Waals surface area contributed by atoms with Crippen LogP contribution in [0.2, 0.25) is 0 Å². The Labute approximate surface area is 114 Å². The van der Waals surface area contributed by atoms with Crippen LogP contribution >= 0.6 is 15.9 Å². The lowest BCUT2D eigenvalue weighted by Crippen LogP contribution is -2.30. The fourth-order valence-corrected chi connectivity index (χ4v) is 2.15. The first-order chi connectivity index (χ1) is 8.76. The molecule has 0 saturated carbocycles. The van der Waals surface area contributed by atoms with Gasteiger partial charge in [0.2, 0.25) is 0 Å². The van der Waals surface area contributed by atoms with Gasteiger partial charge in [-0.15, -0.1) is 5.10 Å². The second-order valence-corrected chi connectivity index (χ2v) is 4.95. The minimum Gasteiger partial charge on any atom is -0.271 e. The van der Waals surface area contributed by atoms with E-state index in [0.29, 0.717) is 0 Å². The highest BCUT2D eigenvalue weighted by Gasteiger charge is 2.17. The van der Waals surface area contributed by atoms with Crippen molar-refractivity contribution in [1.29, 1.82) is 0 Å². The normalized spacial score (nSPS) is 12.6. The van der Waals surface area contributed by atoms with Gasteiger partial charge in [-0.2, -0.15) is 0 Å². The number of aryl methyl sites for hydroxylation is 1. The van der Waals surface area contributed by atoms with Crippen LogP contribution < -0.4 is 11.3 Å². The van der Waals surface area contributed by atoms with Crippen molar-refractivity contribution in [3.05, 3.63) is 46.2 Å². The van der Waals surface area contributed by atoms with Crippen molar-refractivity contribution in [2.24, 2.45) is 5.84 Å². The molecule has 2 rings (SSSR count). The monoisotopic (exact) mass is 309 g/mol. The molecule has 1 heterocycles. The summed E-state index contributed by atoms with van der Waals surface area (Å²) in [5.74, 6) is 5.67. The van der Waals surface area contributed by atoms with E-state index in [1.54, 1.807) is 6.20 Å². The van der Waals surface area contributed by atoms with E-state index in [0.717, 1.165) is 28.7 Å². The highest BCUT2D eigenvalue weighted by atomic mass is 79.9. The van der Waals surface area contributed by atoms with Gasteiger partial charge in [0.1, 0.15) is 0 Å². The Bertz CT molecular complexity index is 493. The zero-order valence-electron chi connectivity index (χ0n) is 10.2. The van der Waals surface area contributed by atoms with Crippen LogP contribution in [0.5, 0.6) is 0 Å². The summed E-state index contributed by atoms with van der Waals surface area (Å²) in [5.41, 5.74) is 4.88. The first kappa shape index (κ1) is 13.2. The Morgan fingerprint density at radius 1 is 1.39 bits per heavy atom. The minimum atomic E-state index is -0.0975. The molecule has 0 saturated heterocycles. The predicted octanol–water partition coefficient (Wildman–Crippen LogP) is 2.00. The van der Waals surface area contributed by atoms with E-state index in [1.165, 1.54) is 0 Å². The van der Waals surface area contributed by atoms with Crippen molar-refractivity contribution in [3.8, 4) is 0 Å². The number of nitrogens with zero attached hydrogens (tertiary/aromatic N) is 3. The number of aromatic nitrogens is 3. The second-order valence-electron chi connectivity index (χ2n) is 4.03. The fraction of sp³-hybridized carbons (Fsp3) is 0.333. The molecular formula is C12H16BrN5. The van der Waals surface area contributed by atoms with Gasteiger partial charge in [0.15, 0.2) is 0 Å². The smallest absolute Gasteiger partial charge is 0.0894 e. The summed E-state index contributed by atoms with van der Waals surface area (Å²) in [7, 11) is 0. The molecule has 0 aliphatic carbocycles. The fourth-order valence-electron chi connectivity index (χ4n) is 1.88. The predicted molar refractivity (Wildman–Crippen MR) is 73.6 cm³/mol. The SMILES string of the molecule is CCCn1nncc1C(NN)c1ccc(Br)cc1. The highest BCUT2D eigenvalue weighted by Crippen LogP contribution is 2.22. The van der Waals surface area contributed by atoms with Crippen LogP contribution in [0.15, 0.2) is 34.9 Å². The third-order valence-electron chi connectivity index (χ3n) is 2.75. The standard InChI is InChI=1S/C12H16BrN5/c1-2-7-18-11(8-15-17-18)12(16-14)9-3-5-10(13)6-4-9/h3-6,8,12,16H,2,7,14H2,1H3. The number of rotatable bonds is 5. The maximum atomic E-state index is 5.67. The quantitative estimate of drug-likeness (QED) is 0.655. The van der Waals surface area contributed by atoms with Gasteiger partial charge in [-0.1, -0.05) is 40.2 Å². The molecule has 1 aromatic heterocycles. The molecule has 0 spiro atoms. The van der Waals surface area contributed by atoms with Crippen molar-refractivity contribution in [2.45, 2.75) is 25.9 Å². The van der Waals surface area contributed by atoms with E-state index in [2.05, 4.69) is 38.6 Å². The van der Waals surface area contributed by atoms with Crippen molar-refractivity contribution < 1.29 is 0 Å². The number of hydrogen-bond donors (Lipinski definition) is 2. The largest absolute Gasteiger partial charge is 0.271 e. The Balaban J connectivity index is 2.32. The molecule has 18 heavy (non-hydrogen) atoms. The second kappa shape index (κ2) is 6.08. The molecule has 0 amide bonds. The molecule has 0 bridgehead atoms. The molecule has 1 atom stereocenters. The zero-order chi connectivity index (χ0) is 13.0. The van der Waals surface area contributed by atoms with Crippen molar-refractivity contribution in [2.75, 3.05) is 0 Å². The summed E-state index contributed by atoms with van der Waals surface area (Å²) < 4.78 is 2.93. The number of halogens is 1. The van der Waals surface area contributed by atoms with Gasteiger partial charge in [0.25, 0.3) is 0 Å². The number of hydrogen-bond acceptors (Lipinski definition) is 4. The van der Waals surface area contributed by atoms with Crippen molar-refractivity contribution in [3.63, 3.8) is 0 Å². The van der Waals surface area contributed by atoms with Crippen molar-refractivity contribution >= 4 is 15.9 Å². The molecule has 5 nitrogen and oxygen atoms in total. The summed E-state index contributed by atoms with van der Waals surface area (Å²) in [6.07, 6.45) is 2.76. The first-order valence-electron chi connectivity index (χ1n) is 5.86. The van der Waals surface area contributed by atoms with Gasteiger partial charge >= 0.3 is 0 Å². The van der Waals surface area contributed by atoms with E-state index in [-0.39, 0.29) is 6.04 Å². The van der Waals surface area contributed by atoms with Crippen LogP contribution in [-0.2, 0) is 6.54 Å². The lowest BCUT2D eigenvalue weighted by molar-refractivity contribution is 0.512. The molecular weight excluding hydrogens is 294 g/mol. The van der Waals surface area contributed by atoms with E-state index >= 15 is 0 Å².